The maximum absolute atomic E-state index is 14.3. The summed E-state index contributed by atoms with van der Waals surface area (Å²) in [6.45, 7) is 13.3. The average Bonchev–Trinajstić information content (AvgIpc) is 2.87. The first-order valence-electron chi connectivity index (χ1n) is 14.3. The number of ether oxygens (including phenoxy) is 1. The van der Waals surface area contributed by atoms with Crippen molar-refractivity contribution in [2.45, 2.75) is 96.9 Å². The summed E-state index contributed by atoms with van der Waals surface area (Å²) in [5, 5.41) is 6.02. The van der Waals surface area contributed by atoms with Gasteiger partial charge in [0.05, 0.1) is 0 Å². The Morgan fingerprint density at radius 3 is 2.23 bits per heavy atom. The summed E-state index contributed by atoms with van der Waals surface area (Å²) in [5.74, 6) is -0.597. The molecule has 3 amide bonds. The molecule has 7 heteroatoms. The van der Waals surface area contributed by atoms with Gasteiger partial charge in [-0.1, -0.05) is 85.0 Å². The van der Waals surface area contributed by atoms with Gasteiger partial charge in [0.25, 0.3) is 0 Å². The lowest BCUT2D eigenvalue weighted by atomic mass is 9.93. The molecule has 0 aromatic heterocycles. The van der Waals surface area contributed by atoms with Gasteiger partial charge in [-0.2, -0.15) is 0 Å². The zero-order chi connectivity index (χ0) is 29.3. The van der Waals surface area contributed by atoms with Crippen molar-refractivity contribution in [1.29, 1.82) is 0 Å². The first kappa shape index (κ1) is 30.9. The van der Waals surface area contributed by atoms with E-state index in [4.69, 9.17) is 4.74 Å². The molecule has 7 nitrogen and oxygen atoms in total. The molecule has 1 aliphatic rings. The van der Waals surface area contributed by atoms with Crippen LogP contribution in [-0.2, 0) is 20.7 Å². The molecule has 0 spiro atoms. The van der Waals surface area contributed by atoms with E-state index in [9.17, 15) is 14.4 Å². The lowest BCUT2D eigenvalue weighted by molar-refractivity contribution is -0.142. The molecule has 2 atom stereocenters. The van der Waals surface area contributed by atoms with E-state index in [1.165, 1.54) is 11.3 Å². The molecule has 40 heavy (non-hydrogen) atoms. The second kappa shape index (κ2) is 14.1. The molecule has 0 saturated heterocycles. The number of nitrogens with one attached hydrogen (secondary N) is 2. The summed E-state index contributed by atoms with van der Waals surface area (Å²) in [5.41, 5.74) is 2.89. The summed E-state index contributed by atoms with van der Waals surface area (Å²) < 4.78 is 5.50. The number of benzene rings is 2. The fraction of sp³-hybridized carbons (Fsp3) is 0.485. The summed E-state index contributed by atoms with van der Waals surface area (Å²) in [4.78, 5) is 42.7. The van der Waals surface area contributed by atoms with Gasteiger partial charge < -0.3 is 20.3 Å². The molecule has 216 valence electrons. The highest BCUT2D eigenvalue weighted by Gasteiger charge is 2.37. The molecule has 0 bridgehead atoms. The highest BCUT2D eigenvalue weighted by molar-refractivity contribution is 5.92. The first-order chi connectivity index (χ1) is 19.0. The Morgan fingerprint density at radius 2 is 1.65 bits per heavy atom. The van der Waals surface area contributed by atoms with Crippen molar-refractivity contribution in [2.75, 3.05) is 6.54 Å². The van der Waals surface area contributed by atoms with Crippen molar-refractivity contribution in [3.05, 3.63) is 83.4 Å². The standard InChI is InChI=1S/C33H45N3O4/c1-7-18-36(31(38)28(22-25-14-10-8-11-15-25)35-32(39)40-33(4,5)6)29(26-20-23(2)19-24(3)21-26)30(37)34-27-16-12-9-13-17-27/h7-8,10-11,14-15,19-21,27-29H,1,9,12-13,16-18,22H2,2-6H3,(H,34,37)(H,35,39). The third kappa shape index (κ3) is 9.25. The second-order valence-corrected chi connectivity index (χ2v) is 11.8. The van der Waals surface area contributed by atoms with Gasteiger partial charge in [-0.3, -0.25) is 9.59 Å². The predicted molar refractivity (Wildman–Crippen MR) is 159 cm³/mol. The van der Waals surface area contributed by atoms with Crippen LogP contribution in [0.5, 0.6) is 0 Å². The zero-order valence-corrected chi connectivity index (χ0v) is 24.7. The highest BCUT2D eigenvalue weighted by atomic mass is 16.6. The summed E-state index contributed by atoms with van der Waals surface area (Å²) in [7, 11) is 0. The lowest BCUT2D eigenvalue weighted by Gasteiger charge is -2.35. The lowest BCUT2D eigenvalue weighted by Crippen LogP contribution is -2.54. The maximum atomic E-state index is 14.3. The fourth-order valence-electron chi connectivity index (χ4n) is 5.33. The topological polar surface area (TPSA) is 87.7 Å². The molecule has 2 N–H and O–H groups in total. The van der Waals surface area contributed by atoms with Gasteiger partial charge in [-0.15, -0.1) is 6.58 Å². The number of rotatable bonds is 10. The third-order valence-corrected chi connectivity index (χ3v) is 6.95. The van der Waals surface area contributed by atoms with E-state index in [2.05, 4.69) is 17.2 Å². The second-order valence-electron chi connectivity index (χ2n) is 11.8. The predicted octanol–water partition coefficient (Wildman–Crippen LogP) is 5.94. The van der Waals surface area contributed by atoms with Crippen molar-refractivity contribution < 1.29 is 19.1 Å². The van der Waals surface area contributed by atoms with Gasteiger partial charge in [0.15, 0.2) is 0 Å². The van der Waals surface area contributed by atoms with E-state index >= 15 is 0 Å². The van der Waals surface area contributed by atoms with Gasteiger partial charge >= 0.3 is 6.09 Å². The van der Waals surface area contributed by atoms with E-state index < -0.39 is 23.8 Å². The Bertz CT molecular complexity index is 1150. The van der Waals surface area contributed by atoms with Gasteiger partial charge in [-0.05, 0) is 58.6 Å². The molecule has 2 unspecified atom stereocenters. The maximum Gasteiger partial charge on any atom is 0.408 e. The van der Waals surface area contributed by atoms with Gasteiger partial charge in [0, 0.05) is 19.0 Å². The van der Waals surface area contributed by atoms with Crippen LogP contribution in [0, 0.1) is 13.8 Å². The molecule has 2 aromatic carbocycles. The SMILES string of the molecule is C=CCN(C(=O)C(Cc1ccccc1)NC(=O)OC(C)(C)C)C(C(=O)NC1CCCCC1)c1cc(C)cc(C)c1. The molecule has 0 heterocycles. The van der Waals surface area contributed by atoms with Crippen LogP contribution in [0.2, 0.25) is 0 Å². The van der Waals surface area contributed by atoms with Crippen LogP contribution in [0.4, 0.5) is 4.79 Å². The van der Waals surface area contributed by atoms with Crippen molar-refractivity contribution in [1.82, 2.24) is 15.5 Å². The summed E-state index contributed by atoms with van der Waals surface area (Å²) in [6.07, 6.45) is 6.36. The van der Waals surface area contributed by atoms with Crippen molar-refractivity contribution in [2.24, 2.45) is 0 Å². The monoisotopic (exact) mass is 547 g/mol. The van der Waals surface area contributed by atoms with Crippen LogP contribution in [0.3, 0.4) is 0 Å². The van der Waals surface area contributed by atoms with Crippen LogP contribution < -0.4 is 10.6 Å². The van der Waals surface area contributed by atoms with E-state index in [1.54, 1.807) is 26.8 Å². The fourth-order valence-corrected chi connectivity index (χ4v) is 5.33. The number of hydrogen-bond acceptors (Lipinski definition) is 4. The molecular weight excluding hydrogens is 502 g/mol. The van der Waals surface area contributed by atoms with E-state index in [1.807, 2.05) is 62.4 Å². The van der Waals surface area contributed by atoms with Crippen LogP contribution >= 0.6 is 0 Å². The number of carbonyl (C=O) groups is 3. The summed E-state index contributed by atoms with van der Waals surface area (Å²) >= 11 is 0. The number of carbonyl (C=O) groups excluding carboxylic acids is 3. The van der Waals surface area contributed by atoms with Crippen LogP contribution in [-0.4, -0.2) is 47.0 Å². The van der Waals surface area contributed by atoms with Crippen molar-refractivity contribution in [3.8, 4) is 0 Å². The first-order valence-corrected chi connectivity index (χ1v) is 14.3. The zero-order valence-electron chi connectivity index (χ0n) is 24.7. The number of amides is 3. The Hall–Kier alpha value is -3.61. The third-order valence-electron chi connectivity index (χ3n) is 6.95. The molecule has 1 saturated carbocycles. The highest BCUT2D eigenvalue weighted by Crippen LogP contribution is 2.27. The van der Waals surface area contributed by atoms with Crippen LogP contribution in [0.15, 0.2) is 61.2 Å². The molecule has 0 aliphatic heterocycles. The Morgan fingerprint density at radius 1 is 1.02 bits per heavy atom. The quantitative estimate of drug-likeness (QED) is 0.360. The van der Waals surface area contributed by atoms with Crippen molar-refractivity contribution >= 4 is 17.9 Å². The molecule has 1 aliphatic carbocycles. The Labute approximate surface area is 239 Å². The van der Waals surface area contributed by atoms with E-state index in [-0.39, 0.29) is 30.8 Å². The number of hydrogen-bond donors (Lipinski definition) is 2. The number of alkyl carbamates (subject to hydrolysis) is 1. The largest absolute Gasteiger partial charge is 0.444 e. The number of nitrogens with zero attached hydrogens (tertiary/aromatic N) is 1. The van der Waals surface area contributed by atoms with Crippen LogP contribution in [0.1, 0.15) is 81.2 Å². The summed E-state index contributed by atoms with van der Waals surface area (Å²) in [6, 6.07) is 13.7. The molecule has 3 rings (SSSR count). The van der Waals surface area contributed by atoms with Crippen molar-refractivity contribution in [3.63, 3.8) is 0 Å². The van der Waals surface area contributed by atoms with Gasteiger partial charge in [0.2, 0.25) is 11.8 Å². The minimum absolute atomic E-state index is 0.0790. The molecule has 0 radical (unpaired) electrons. The minimum Gasteiger partial charge on any atom is -0.444 e. The number of aryl methyl sites for hydroxylation is 2. The Kier molecular flexibility index (Phi) is 10.9. The Balaban J connectivity index is 2.01. The normalized spacial score (nSPS) is 15.4. The van der Waals surface area contributed by atoms with Gasteiger partial charge in [-0.25, -0.2) is 4.79 Å². The average molecular weight is 548 g/mol. The molecule has 1 fully saturated rings. The molecule has 2 aromatic rings. The molecular formula is C33H45N3O4. The van der Waals surface area contributed by atoms with Gasteiger partial charge in [0.1, 0.15) is 17.7 Å². The van der Waals surface area contributed by atoms with E-state index in [0.29, 0.717) is 0 Å². The van der Waals surface area contributed by atoms with Crippen LogP contribution in [0.25, 0.3) is 0 Å². The van der Waals surface area contributed by atoms with E-state index in [0.717, 1.165) is 47.9 Å². The minimum atomic E-state index is -0.951. The smallest absolute Gasteiger partial charge is 0.408 e.